The summed E-state index contributed by atoms with van der Waals surface area (Å²) in [6.45, 7) is 0.496. The lowest BCUT2D eigenvalue weighted by Crippen LogP contribution is -2.26. The molecule has 3 N–H and O–H groups in total. The third-order valence-electron chi connectivity index (χ3n) is 3.02. The van der Waals surface area contributed by atoms with Crippen LogP contribution in [0.2, 0.25) is 5.02 Å². The summed E-state index contributed by atoms with van der Waals surface area (Å²) in [6, 6.07) is 3.05. The van der Waals surface area contributed by atoms with Crippen molar-refractivity contribution in [3.8, 4) is 5.75 Å². The predicted molar refractivity (Wildman–Crippen MR) is 88.9 cm³/mol. The number of halogens is 2. The van der Waals surface area contributed by atoms with Gasteiger partial charge in [0.05, 0.1) is 29.6 Å². The van der Waals surface area contributed by atoms with Gasteiger partial charge >= 0.3 is 0 Å². The van der Waals surface area contributed by atoms with E-state index in [4.69, 9.17) is 22.1 Å². The molecular weight excluding hydrogens is 327 g/mol. The molecule has 0 saturated carbocycles. The summed E-state index contributed by atoms with van der Waals surface area (Å²) in [4.78, 5) is 12.2. The van der Waals surface area contributed by atoms with E-state index in [1.54, 1.807) is 16.9 Å². The lowest BCUT2D eigenvalue weighted by atomic mass is 10.1. The molecule has 1 heterocycles. The molecule has 2 rings (SSSR count). The Bertz CT molecular complexity index is 658. The molecule has 1 aromatic heterocycles. The highest BCUT2D eigenvalue weighted by molar-refractivity contribution is 6.33. The normalized spacial score (nSPS) is 9.95. The highest BCUT2D eigenvalue weighted by atomic mass is 35.5. The first-order chi connectivity index (χ1) is 10.0. The maximum absolute atomic E-state index is 12.2. The Balaban J connectivity index is 0.00000242. The van der Waals surface area contributed by atoms with Gasteiger partial charge in [0.15, 0.2) is 0 Å². The molecule has 120 valence electrons. The molecule has 0 aliphatic carbocycles. The molecule has 8 heteroatoms. The molecule has 0 fully saturated rings. The van der Waals surface area contributed by atoms with Crippen LogP contribution in [-0.4, -0.2) is 29.3 Å². The van der Waals surface area contributed by atoms with Crippen LogP contribution >= 0.6 is 24.0 Å². The molecule has 2 aromatic rings. The van der Waals surface area contributed by atoms with Gasteiger partial charge < -0.3 is 15.8 Å². The molecule has 0 bridgehead atoms. The van der Waals surface area contributed by atoms with Crippen LogP contribution in [0, 0.1) is 0 Å². The van der Waals surface area contributed by atoms with Gasteiger partial charge in [0.1, 0.15) is 5.75 Å². The number of anilines is 1. The average molecular weight is 345 g/mol. The van der Waals surface area contributed by atoms with Crippen LogP contribution in [0.3, 0.4) is 0 Å². The van der Waals surface area contributed by atoms with E-state index in [0.717, 1.165) is 5.56 Å². The minimum Gasteiger partial charge on any atom is -0.496 e. The molecule has 0 aliphatic heterocycles. The van der Waals surface area contributed by atoms with Crippen LogP contribution in [0.25, 0.3) is 0 Å². The first-order valence-electron chi connectivity index (χ1n) is 6.40. The maximum Gasteiger partial charge on any atom is 0.255 e. The van der Waals surface area contributed by atoms with Crippen LogP contribution in [0.4, 0.5) is 5.69 Å². The van der Waals surface area contributed by atoms with Crippen LogP contribution in [0.5, 0.6) is 5.75 Å². The van der Waals surface area contributed by atoms with E-state index in [9.17, 15) is 4.79 Å². The Hall–Kier alpha value is -1.92. The fourth-order valence-electron chi connectivity index (χ4n) is 1.93. The highest BCUT2D eigenvalue weighted by Gasteiger charge is 2.14. The largest absolute Gasteiger partial charge is 0.496 e. The number of benzene rings is 1. The predicted octanol–water partition coefficient (Wildman–Crippen LogP) is 2.06. The number of aryl methyl sites for hydroxylation is 1. The van der Waals surface area contributed by atoms with E-state index in [2.05, 4.69) is 10.4 Å². The van der Waals surface area contributed by atoms with Crippen molar-refractivity contribution >= 4 is 35.6 Å². The molecule has 0 saturated heterocycles. The standard InChI is InChI=1S/C14H17ClN4O2.ClH/c1-19-8-9(7-18-19)3-4-17-14(20)10-5-11(15)12(16)6-13(10)21-2;/h5-8H,3-4,16H2,1-2H3,(H,17,20);1H. The topological polar surface area (TPSA) is 82.2 Å². The van der Waals surface area contributed by atoms with Crippen molar-refractivity contribution in [1.29, 1.82) is 0 Å². The number of carbonyl (C=O) groups excluding carboxylic acids is 1. The summed E-state index contributed by atoms with van der Waals surface area (Å²) in [5, 5.41) is 7.22. The molecule has 0 atom stereocenters. The van der Waals surface area contributed by atoms with Crippen LogP contribution in [-0.2, 0) is 13.5 Å². The van der Waals surface area contributed by atoms with Gasteiger partial charge in [0.2, 0.25) is 0 Å². The Labute approximate surface area is 140 Å². The van der Waals surface area contributed by atoms with Crippen LogP contribution < -0.4 is 15.8 Å². The van der Waals surface area contributed by atoms with E-state index in [-0.39, 0.29) is 18.3 Å². The minimum absolute atomic E-state index is 0. The second-order valence-electron chi connectivity index (χ2n) is 4.60. The SMILES string of the molecule is COc1cc(N)c(Cl)cc1C(=O)NCCc1cnn(C)c1.Cl. The number of nitrogens with one attached hydrogen (secondary N) is 1. The summed E-state index contributed by atoms with van der Waals surface area (Å²) in [5.41, 5.74) is 7.49. The van der Waals surface area contributed by atoms with E-state index < -0.39 is 0 Å². The van der Waals surface area contributed by atoms with Crippen molar-refractivity contribution in [3.05, 3.63) is 40.7 Å². The first-order valence-corrected chi connectivity index (χ1v) is 6.77. The molecule has 0 aliphatic rings. The second kappa shape index (κ2) is 7.91. The van der Waals surface area contributed by atoms with Crippen molar-refractivity contribution < 1.29 is 9.53 Å². The third kappa shape index (κ3) is 4.29. The van der Waals surface area contributed by atoms with Gasteiger partial charge in [0.25, 0.3) is 5.91 Å². The van der Waals surface area contributed by atoms with Gasteiger partial charge in [-0.15, -0.1) is 12.4 Å². The van der Waals surface area contributed by atoms with E-state index in [1.165, 1.54) is 13.2 Å². The molecule has 0 unspecified atom stereocenters. The summed E-state index contributed by atoms with van der Waals surface area (Å²) in [5.74, 6) is 0.147. The summed E-state index contributed by atoms with van der Waals surface area (Å²) in [6.07, 6.45) is 4.38. The van der Waals surface area contributed by atoms with Crippen LogP contribution in [0.1, 0.15) is 15.9 Å². The number of hydrogen-bond donors (Lipinski definition) is 2. The van der Waals surface area contributed by atoms with E-state index in [1.807, 2.05) is 13.2 Å². The number of amides is 1. The van der Waals surface area contributed by atoms with Crippen molar-refractivity contribution in [2.75, 3.05) is 19.4 Å². The van der Waals surface area contributed by atoms with Crippen molar-refractivity contribution in [1.82, 2.24) is 15.1 Å². The van der Waals surface area contributed by atoms with Gasteiger partial charge in [-0.25, -0.2) is 0 Å². The average Bonchev–Trinajstić information content (AvgIpc) is 2.86. The molecular formula is C14H18Cl2N4O2. The number of ether oxygens (including phenoxy) is 1. The number of nitrogen functional groups attached to an aromatic ring is 1. The molecule has 1 aromatic carbocycles. The monoisotopic (exact) mass is 344 g/mol. The molecule has 0 radical (unpaired) electrons. The van der Waals surface area contributed by atoms with Crippen molar-refractivity contribution in [2.45, 2.75) is 6.42 Å². The summed E-state index contributed by atoms with van der Waals surface area (Å²) >= 11 is 5.95. The lowest BCUT2D eigenvalue weighted by Gasteiger charge is -2.11. The fourth-order valence-corrected chi connectivity index (χ4v) is 2.10. The van der Waals surface area contributed by atoms with E-state index in [0.29, 0.717) is 35.0 Å². The first kappa shape index (κ1) is 18.1. The van der Waals surface area contributed by atoms with E-state index >= 15 is 0 Å². The number of nitrogens with two attached hydrogens (primary N) is 1. The maximum atomic E-state index is 12.2. The number of aromatic nitrogens is 2. The van der Waals surface area contributed by atoms with Gasteiger partial charge in [-0.3, -0.25) is 9.48 Å². The molecule has 1 amide bonds. The van der Waals surface area contributed by atoms with Crippen LogP contribution in [0.15, 0.2) is 24.5 Å². The summed E-state index contributed by atoms with van der Waals surface area (Å²) in [7, 11) is 3.33. The molecule has 6 nitrogen and oxygen atoms in total. The zero-order chi connectivity index (χ0) is 15.4. The molecule has 22 heavy (non-hydrogen) atoms. The smallest absolute Gasteiger partial charge is 0.255 e. The highest BCUT2D eigenvalue weighted by Crippen LogP contribution is 2.28. The lowest BCUT2D eigenvalue weighted by molar-refractivity contribution is 0.0951. The third-order valence-corrected chi connectivity index (χ3v) is 3.35. The van der Waals surface area contributed by atoms with Gasteiger partial charge in [-0.2, -0.15) is 5.10 Å². The fraction of sp³-hybridized carbons (Fsp3) is 0.286. The van der Waals surface area contributed by atoms with Crippen molar-refractivity contribution in [3.63, 3.8) is 0 Å². The minimum atomic E-state index is -0.252. The number of hydrogen-bond acceptors (Lipinski definition) is 4. The second-order valence-corrected chi connectivity index (χ2v) is 5.01. The molecule has 0 spiro atoms. The van der Waals surface area contributed by atoms with Gasteiger partial charge in [0, 0.05) is 25.9 Å². The number of methoxy groups -OCH3 is 1. The zero-order valence-electron chi connectivity index (χ0n) is 12.3. The number of carbonyl (C=O) groups is 1. The zero-order valence-corrected chi connectivity index (χ0v) is 13.9. The number of nitrogens with zero attached hydrogens (tertiary/aromatic N) is 2. The Morgan fingerprint density at radius 1 is 1.50 bits per heavy atom. The number of rotatable bonds is 5. The Kier molecular flexibility index (Phi) is 6.52. The van der Waals surface area contributed by atoms with Crippen molar-refractivity contribution in [2.24, 2.45) is 7.05 Å². The summed E-state index contributed by atoms with van der Waals surface area (Å²) < 4.78 is 6.88. The van der Waals surface area contributed by atoms with Gasteiger partial charge in [-0.1, -0.05) is 11.6 Å². The Morgan fingerprint density at radius 2 is 2.23 bits per heavy atom. The quantitative estimate of drug-likeness (QED) is 0.813. The van der Waals surface area contributed by atoms with Gasteiger partial charge in [-0.05, 0) is 18.1 Å². The Morgan fingerprint density at radius 3 is 2.82 bits per heavy atom.